The summed E-state index contributed by atoms with van der Waals surface area (Å²) < 4.78 is 12.9. The number of benzene rings is 1. The normalized spacial score (nSPS) is 10.6. The third-order valence-electron chi connectivity index (χ3n) is 1.85. The van der Waals surface area contributed by atoms with Gasteiger partial charge in [-0.15, -0.1) is 0 Å². The molecule has 0 aliphatic heterocycles. The zero-order valence-corrected chi connectivity index (χ0v) is 6.82. The largest absolute Gasteiger partial charge is 0.495 e. The maximum absolute atomic E-state index is 12.9. The van der Waals surface area contributed by atoms with Gasteiger partial charge in [0.05, 0.1) is 11.0 Å². The van der Waals surface area contributed by atoms with Crippen LogP contribution in [0.25, 0.3) is 10.9 Å². The van der Waals surface area contributed by atoms with Gasteiger partial charge in [0.2, 0.25) is 0 Å². The van der Waals surface area contributed by atoms with Gasteiger partial charge in [-0.25, -0.2) is 4.39 Å². The van der Waals surface area contributed by atoms with Gasteiger partial charge < -0.3 is 10.1 Å². The Hall–Kier alpha value is -2.11. The predicted molar refractivity (Wildman–Crippen MR) is 46.6 cm³/mol. The topological polar surface area (TPSA) is 79.2 Å². The molecule has 0 fully saturated rings. The summed E-state index contributed by atoms with van der Waals surface area (Å²) in [7, 11) is 0. The standard InChI is InChI=1S/C8H5FN2O3/c9-5-1-4-2-7(12)10-8(4)6(3-5)11(13)14/h1-3,10,12H. The van der Waals surface area contributed by atoms with Crippen LogP contribution in [0.4, 0.5) is 10.1 Å². The molecule has 1 heterocycles. The zero-order valence-electron chi connectivity index (χ0n) is 6.82. The summed E-state index contributed by atoms with van der Waals surface area (Å²) in [5.41, 5.74) is -0.269. The van der Waals surface area contributed by atoms with Gasteiger partial charge in [-0.2, -0.15) is 0 Å². The highest BCUT2D eigenvalue weighted by molar-refractivity contribution is 5.89. The third-order valence-corrected chi connectivity index (χ3v) is 1.85. The number of aromatic amines is 1. The Bertz CT molecular complexity index is 521. The second-order valence-electron chi connectivity index (χ2n) is 2.80. The van der Waals surface area contributed by atoms with Crippen molar-refractivity contribution in [3.63, 3.8) is 0 Å². The number of aromatic hydroxyl groups is 1. The van der Waals surface area contributed by atoms with E-state index in [1.54, 1.807) is 0 Å². The maximum Gasteiger partial charge on any atom is 0.296 e. The van der Waals surface area contributed by atoms with Crippen molar-refractivity contribution in [2.24, 2.45) is 0 Å². The molecule has 14 heavy (non-hydrogen) atoms. The Morgan fingerprint density at radius 3 is 2.79 bits per heavy atom. The summed E-state index contributed by atoms with van der Waals surface area (Å²) >= 11 is 0. The van der Waals surface area contributed by atoms with Crippen molar-refractivity contribution < 1.29 is 14.4 Å². The molecule has 0 saturated carbocycles. The second kappa shape index (κ2) is 2.69. The summed E-state index contributed by atoms with van der Waals surface area (Å²) in [5, 5.41) is 19.8. The number of halogens is 1. The molecule has 1 aromatic heterocycles. The number of non-ortho nitro benzene ring substituents is 1. The van der Waals surface area contributed by atoms with E-state index in [4.69, 9.17) is 5.11 Å². The van der Waals surface area contributed by atoms with Crippen LogP contribution >= 0.6 is 0 Å². The van der Waals surface area contributed by atoms with Gasteiger partial charge in [0.25, 0.3) is 5.69 Å². The molecule has 0 aliphatic rings. The quantitative estimate of drug-likeness (QED) is 0.540. The molecule has 1 aromatic carbocycles. The lowest BCUT2D eigenvalue weighted by molar-refractivity contribution is -0.383. The number of rotatable bonds is 1. The Morgan fingerprint density at radius 1 is 1.43 bits per heavy atom. The van der Waals surface area contributed by atoms with Gasteiger partial charge in [0.1, 0.15) is 11.3 Å². The van der Waals surface area contributed by atoms with Crippen LogP contribution < -0.4 is 0 Å². The number of nitro groups is 1. The fourth-order valence-electron chi connectivity index (χ4n) is 1.32. The second-order valence-corrected chi connectivity index (χ2v) is 2.80. The Labute approximate surface area is 76.9 Å². The van der Waals surface area contributed by atoms with Crippen molar-refractivity contribution >= 4 is 16.6 Å². The number of nitrogens with zero attached hydrogens (tertiary/aromatic N) is 1. The van der Waals surface area contributed by atoms with Crippen LogP contribution in [-0.2, 0) is 0 Å². The number of aromatic nitrogens is 1. The fourth-order valence-corrected chi connectivity index (χ4v) is 1.32. The molecule has 0 unspecified atom stereocenters. The van der Waals surface area contributed by atoms with Crippen molar-refractivity contribution in [1.29, 1.82) is 0 Å². The first kappa shape index (κ1) is 8.49. The van der Waals surface area contributed by atoms with Crippen LogP contribution in [0.2, 0.25) is 0 Å². The van der Waals surface area contributed by atoms with Crippen LogP contribution in [0.15, 0.2) is 18.2 Å². The van der Waals surface area contributed by atoms with Crippen molar-refractivity contribution in [3.05, 3.63) is 34.1 Å². The minimum absolute atomic E-state index is 0.119. The lowest BCUT2D eigenvalue weighted by atomic mass is 10.2. The molecule has 0 bridgehead atoms. The van der Waals surface area contributed by atoms with Gasteiger partial charge >= 0.3 is 0 Å². The summed E-state index contributed by atoms with van der Waals surface area (Å²) in [5.74, 6) is -0.933. The molecule has 0 atom stereocenters. The molecule has 2 rings (SSSR count). The molecule has 0 spiro atoms. The monoisotopic (exact) mass is 196 g/mol. The predicted octanol–water partition coefficient (Wildman–Crippen LogP) is 1.92. The van der Waals surface area contributed by atoms with Crippen LogP contribution in [0.1, 0.15) is 0 Å². The van der Waals surface area contributed by atoms with E-state index in [0.29, 0.717) is 0 Å². The summed E-state index contributed by atoms with van der Waals surface area (Å²) in [4.78, 5) is 12.2. The molecule has 6 heteroatoms. The van der Waals surface area contributed by atoms with Gasteiger partial charge in [-0.3, -0.25) is 10.1 Å². The smallest absolute Gasteiger partial charge is 0.296 e. The summed E-state index contributed by atoms with van der Waals surface area (Å²) in [6.45, 7) is 0. The Morgan fingerprint density at radius 2 is 2.14 bits per heavy atom. The van der Waals surface area contributed by atoms with Crippen LogP contribution in [0.5, 0.6) is 5.88 Å². The molecule has 0 saturated heterocycles. The maximum atomic E-state index is 12.9. The molecule has 2 aromatic rings. The summed E-state index contributed by atoms with van der Waals surface area (Å²) in [6.07, 6.45) is 0. The Kier molecular flexibility index (Phi) is 1.63. The minimum Gasteiger partial charge on any atom is -0.495 e. The van der Waals surface area contributed by atoms with E-state index in [1.807, 2.05) is 0 Å². The average molecular weight is 196 g/mol. The average Bonchev–Trinajstić information content (AvgIpc) is 2.42. The Balaban J connectivity index is 2.85. The van der Waals surface area contributed by atoms with E-state index < -0.39 is 10.7 Å². The molecular formula is C8H5FN2O3. The molecular weight excluding hydrogens is 191 g/mol. The lowest BCUT2D eigenvalue weighted by Crippen LogP contribution is -1.90. The number of fused-ring (bicyclic) bond motifs is 1. The SMILES string of the molecule is O=[N+]([O-])c1cc(F)cc2cc(O)[nH]c12. The first-order chi connectivity index (χ1) is 6.58. The number of hydrogen-bond acceptors (Lipinski definition) is 3. The van der Waals surface area contributed by atoms with E-state index >= 15 is 0 Å². The number of hydrogen-bond donors (Lipinski definition) is 2. The van der Waals surface area contributed by atoms with Crippen molar-refractivity contribution in [2.45, 2.75) is 0 Å². The first-order valence-electron chi connectivity index (χ1n) is 3.73. The zero-order chi connectivity index (χ0) is 10.3. The lowest BCUT2D eigenvalue weighted by Gasteiger charge is -1.93. The van der Waals surface area contributed by atoms with Gasteiger partial charge in [0.15, 0.2) is 5.88 Å². The molecule has 0 radical (unpaired) electrons. The van der Waals surface area contributed by atoms with Crippen molar-refractivity contribution in [3.8, 4) is 5.88 Å². The van der Waals surface area contributed by atoms with Gasteiger partial charge in [0, 0.05) is 11.5 Å². The molecule has 2 N–H and O–H groups in total. The highest BCUT2D eigenvalue weighted by atomic mass is 19.1. The van der Waals surface area contributed by atoms with Gasteiger partial charge in [-0.1, -0.05) is 0 Å². The van der Waals surface area contributed by atoms with Crippen molar-refractivity contribution in [2.75, 3.05) is 0 Å². The van der Waals surface area contributed by atoms with Crippen molar-refractivity contribution in [1.82, 2.24) is 4.98 Å². The third kappa shape index (κ3) is 1.17. The van der Waals surface area contributed by atoms with E-state index in [1.165, 1.54) is 6.07 Å². The number of nitrogens with one attached hydrogen (secondary N) is 1. The summed E-state index contributed by atoms with van der Waals surface area (Å²) in [6, 6.07) is 3.14. The van der Waals surface area contributed by atoms with Crippen LogP contribution in [0.3, 0.4) is 0 Å². The first-order valence-corrected chi connectivity index (χ1v) is 3.73. The van der Waals surface area contributed by atoms with E-state index in [9.17, 15) is 14.5 Å². The van der Waals surface area contributed by atoms with Gasteiger partial charge in [-0.05, 0) is 6.07 Å². The molecule has 0 aliphatic carbocycles. The number of H-pyrrole nitrogens is 1. The number of nitro benzene ring substituents is 1. The fraction of sp³-hybridized carbons (Fsp3) is 0. The van der Waals surface area contributed by atoms with E-state index in [-0.39, 0.29) is 22.5 Å². The highest BCUT2D eigenvalue weighted by Gasteiger charge is 2.16. The van der Waals surface area contributed by atoms with Crippen LogP contribution in [0, 0.1) is 15.9 Å². The van der Waals surface area contributed by atoms with E-state index in [0.717, 1.165) is 12.1 Å². The minimum atomic E-state index is -0.707. The highest BCUT2D eigenvalue weighted by Crippen LogP contribution is 2.28. The van der Waals surface area contributed by atoms with Crippen LogP contribution in [-0.4, -0.2) is 15.0 Å². The molecule has 72 valence electrons. The molecule has 5 nitrogen and oxygen atoms in total. The van der Waals surface area contributed by atoms with E-state index in [2.05, 4.69) is 4.98 Å². The molecule has 0 amide bonds.